The third-order valence-corrected chi connectivity index (χ3v) is 8.81. The number of rotatable bonds is 6. The van der Waals surface area contributed by atoms with Crippen LogP contribution in [0.1, 0.15) is 13.8 Å². The summed E-state index contributed by atoms with van der Waals surface area (Å²) < 4.78 is 2.52. The van der Waals surface area contributed by atoms with E-state index in [0.29, 0.717) is 5.75 Å². The molecule has 0 saturated carbocycles. The highest BCUT2D eigenvalue weighted by molar-refractivity contribution is 7.68. The molecule has 1 aliphatic carbocycles. The van der Waals surface area contributed by atoms with Gasteiger partial charge in [0, 0.05) is 29.8 Å². The Kier molecular flexibility index (Phi) is 5.68. The van der Waals surface area contributed by atoms with Crippen molar-refractivity contribution in [3.63, 3.8) is 0 Å². The maximum atomic E-state index is 11.2. The molecule has 4 aromatic carbocycles. The highest BCUT2D eigenvalue weighted by atomic mass is 31.1. The summed E-state index contributed by atoms with van der Waals surface area (Å²) in [5.41, 5.74) is 5.54. The first-order valence-electron chi connectivity index (χ1n) is 11.1. The number of allylic oxidation sites excluding steroid dienone is 3. The predicted molar refractivity (Wildman–Crippen MR) is 139 cm³/mol. The summed E-state index contributed by atoms with van der Waals surface area (Å²) in [6.45, 7) is 6.35. The smallest absolute Gasteiger partial charge is 0.124 e. The van der Waals surface area contributed by atoms with E-state index in [2.05, 4.69) is 91.0 Å². The zero-order chi connectivity index (χ0) is 22.1. The standard InChI is InChI=1S/C29H26NOP/c1-3-30(4-2)32(23-13-7-8-14-23)27-20-18-22-12-6-10-16-25(22)29(27)28-24-15-9-5-11-21(24)17-19-26(28)31/h5-13,15-20,31H,3-4H2,1-2H3. The van der Waals surface area contributed by atoms with Crippen LogP contribution in [0.4, 0.5) is 0 Å². The maximum absolute atomic E-state index is 11.2. The first kappa shape index (κ1) is 20.7. The summed E-state index contributed by atoms with van der Waals surface area (Å²) in [4.78, 5) is 0. The molecule has 1 atom stereocenters. The summed E-state index contributed by atoms with van der Waals surface area (Å²) in [6, 6.07) is 25.1. The zero-order valence-corrected chi connectivity index (χ0v) is 19.3. The van der Waals surface area contributed by atoms with Crippen molar-refractivity contribution in [1.29, 1.82) is 0 Å². The van der Waals surface area contributed by atoms with E-state index in [1.165, 1.54) is 21.4 Å². The van der Waals surface area contributed by atoms with Crippen LogP contribution >= 0.6 is 8.07 Å². The Morgan fingerprint density at radius 3 is 2.03 bits per heavy atom. The van der Waals surface area contributed by atoms with Crippen molar-refractivity contribution in [3.8, 4) is 16.9 Å². The van der Waals surface area contributed by atoms with Crippen molar-refractivity contribution < 1.29 is 5.11 Å². The van der Waals surface area contributed by atoms with Gasteiger partial charge in [-0.05, 0) is 52.9 Å². The van der Waals surface area contributed by atoms with Crippen LogP contribution in [0.5, 0.6) is 5.75 Å². The number of phenolic OH excluding ortho intramolecular Hbond substituents is 1. The van der Waals surface area contributed by atoms with Gasteiger partial charge in [-0.15, -0.1) is 5.73 Å². The van der Waals surface area contributed by atoms with Crippen molar-refractivity contribution >= 4 is 34.9 Å². The van der Waals surface area contributed by atoms with E-state index in [0.717, 1.165) is 35.0 Å². The van der Waals surface area contributed by atoms with E-state index in [1.54, 1.807) is 0 Å². The Bertz CT molecular complexity index is 1410. The molecule has 32 heavy (non-hydrogen) atoms. The van der Waals surface area contributed by atoms with Crippen LogP contribution in [-0.4, -0.2) is 22.9 Å². The zero-order valence-electron chi connectivity index (χ0n) is 18.4. The van der Waals surface area contributed by atoms with Gasteiger partial charge in [0.2, 0.25) is 0 Å². The molecule has 4 aromatic rings. The Hall–Kier alpha value is -3.15. The predicted octanol–water partition coefficient (Wildman–Crippen LogP) is 7.34. The normalized spacial score (nSPS) is 13.9. The lowest BCUT2D eigenvalue weighted by Crippen LogP contribution is -2.24. The van der Waals surface area contributed by atoms with E-state index in [4.69, 9.17) is 0 Å². The largest absolute Gasteiger partial charge is 0.507 e. The van der Waals surface area contributed by atoms with E-state index in [-0.39, 0.29) is 0 Å². The average Bonchev–Trinajstić information content (AvgIpc) is 3.37. The molecular formula is C29H26NOP. The fourth-order valence-electron chi connectivity index (χ4n) is 4.62. The van der Waals surface area contributed by atoms with Gasteiger partial charge < -0.3 is 5.11 Å². The highest BCUT2D eigenvalue weighted by Crippen LogP contribution is 2.52. The molecule has 158 valence electrons. The van der Waals surface area contributed by atoms with Crippen molar-refractivity contribution in [2.75, 3.05) is 13.1 Å². The topological polar surface area (TPSA) is 23.5 Å². The summed E-state index contributed by atoms with van der Waals surface area (Å²) in [5, 5.41) is 18.2. The Labute approximate surface area is 190 Å². The van der Waals surface area contributed by atoms with Crippen LogP contribution in [0.25, 0.3) is 32.7 Å². The molecule has 1 N–H and O–H groups in total. The summed E-state index contributed by atoms with van der Waals surface area (Å²) in [5.74, 6) is 0.322. The highest BCUT2D eigenvalue weighted by Gasteiger charge is 2.27. The molecule has 0 aliphatic heterocycles. The Morgan fingerprint density at radius 1 is 0.781 bits per heavy atom. The minimum absolute atomic E-state index is 0.322. The minimum atomic E-state index is -0.796. The van der Waals surface area contributed by atoms with Gasteiger partial charge in [-0.3, -0.25) is 4.67 Å². The molecule has 0 bridgehead atoms. The third kappa shape index (κ3) is 3.48. The van der Waals surface area contributed by atoms with Gasteiger partial charge in [-0.2, -0.15) is 0 Å². The molecule has 1 aliphatic rings. The number of nitrogens with zero attached hydrogens (tertiary/aromatic N) is 1. The lowest BCUT2D eigenvalue weighted by Gasteiger charge is -2.32. The Balaban J connectivity index is 1.91. The Morgan fingerprint density at radius 2 is 1.41 bits per heavy atom. The van der Waals surface area contributed by atoms with Crippen molar-refractivity contribution in [3.05, 3.63) is 102 Å². The minimum Gasteiger partial charge on any atom is -0.507 e. The third-order valence-electron chi connectivity index (χ3n) is 6.11. The number of fused-ring (bicyclic) bond motifs is 2. The molecule has 0 saturated heterocycles. The van der Waals surface area contributed by atoms with E-state index in [9.17, 15) is 5.11 Å². The van der Waals surface area contributed by atoms with Crippen LogP contribution in [0, 0.1) is 0 Å². The number of phenols is 1. The molecule has 3 heteroatoms. The molecule has 5 rings (SSSR count). The molecule has 0 aromatic heterocycles. The summed E-state index contributed by atoms with van der Waals surface area (Å²) >= 11 is 0. The fraction of sp³-hybridized carbons (Fsp3) is 0.138. The molecule has 0 radical (unpaired) electrons. The van der Waals surface area contributed by atoms with Crippen molar-refractivity contribution in [2.24, 2.45) is 0 Å². The van der Waals surface area contributed by atoms with Gasteiger partial charge in [0.05, 0.1) is 0 Å². The van der Waals surface area contributed by atoms with Gasteiger partial charge in [0.25, 0.3) is 0 Å². The molecular weight excluding hydrogens is 409 g/mol. The number of aromatic hydroxyl groups is 1. The summed E-state index contributed by atoms with van der Waals surface area (Å²) in [7, 11) is -0.796. The molecule has 0 amide bonds. The number of benzene rings is 4. The van der Waals surface area contributed by atoms with Gasteiger partial charge in [-0.25, -0.2) is 0 Å². The maximum Gasteiger partial charge on any atom is 0.124 e. The fourth-order valence-corrected chi connectivity index (χ4v) is 7.13. The second-order valence-corrected chi connectivity index (χ2v) is 10.0. The second-order valence-electron chi connectivity index (χ2n) is 7.87. The second kappa shape index (κ2) is 8.77. The number of hydrogen-bond donors (Lipinski definition) is 1. The van der Waals surface area contributed by atoms with Gasteiger partial charge in [0.15, 0.2) is 0 Å². The van der Waals surface area contributed by atoms with Gasteiger partial charge >= 0.3 is 0 Å². The van der Waals surface area contributed by atoms with Crippen LogP contribution in [0.2, 0.25) is 0 Å². The van der Waals surface area contributed by atoms with Crippen LogP contribution in [0.3, 0.4) is 0 Å². The quantitative estimate of drug-likeness (QED) is 0.253. The van der Waals surface area contributed by atoms with Gasteiger partial charge in [0.1, 0.15) is 5.75 Å². The molecule has 0 fully saturated rings. The van der Waals surface area contributed by atoms with Gasteiger partial charge in [-0.1, -0.05) is 86.7 Å². The molecule has 2 nitrogen and oxygen atoms in total. The van der Waals surface area contributed by atoms with E-state index < -0.39 is 8.07 Å². The first-order chi connectivity index (χ1) is 15.7. The van der Waals surface area contributed by atoms with Crippen molar-refractivity contribution in [2.45, 2.75) is 13.8 Å². The van der Waals surface area contributed by atoms with E-state index in [1.807, 2.05) is 24.3 Å². The SMILES string of the molecule is CCN(CC)P(C1=C=CC=C1)c1ccc2ccccc2c1-c1c(O)ccc2ccccc12. The van der Waals surface area contributed by atoms with Crippen LogP contribution in [0.15, 0.2) is 102 Å². The average molecular weight is 436 g/mol. The van der Waals surface area contributed by atoms with Crippen molar-refractivity contribution in [1.82, 2.24) is 4.67 Å². The summed E-state index contributed by atoms with van der Waals surface area (Å²) in [6.07, 6.45) is 6.26. The lowest BCUT2D eigenvalue weighted by atomic mass is 9.93. The molecule has 0 heterocycles. The van der Waals surface area contributed by atoms with Crippen LogP contribution in [-0.2, 0) is 0 Å². The monoisotopic (exact) mass is 435 g/mol. The first-order valence-corrected chi connectivity index (χ1v) is 12.4. The number of hydrogen-bond acceptors (Lipinski definition) is 2. The van der Waals surface area contributed by atoms with E-state index >= 15 is 0 Å². The van der Waals surface area contributed by atoms with Crippen LogP contribution < -0.4 is 5.30 Å². The molecule has 1 unspecified atom stereocenters. The molecule has 0 spiro atoms. The lowest BCUT2D eigenvalue weighted by molar-refractivity contribution is 0.478.